The number of fused-ring (bicyclic) bond motifs is 1. The highest BCUT2D eigenvalue weighted by Crippen LogP contribution is 2.26. The fourth-order valence-electron chi connectivity index (χ4n) is 3.21. The lowest BCUT2D eigenvalue weighted by Crippen LogP contribution is -2.38. The average Bonchev–Trinajstić information content (AvgIpc) is 3.03. The molecule has 25 heavy (non-hydrogen) atoms. The zero-order valence-electron chi connectivity index (χ0n) is 14.5. The van der Waals surface area contributed by atoms with E-state index in [9.17, 15) is 0 Å². The second-order valence-electron chi connectivity index (χ2n) is 6.53. The Morgan fingerprint density at radius 3 is 2.84 bits per heavy atom. The number of rotatable bonds is 4. The molecule has 4 rings (SSSR count). The monoisotopic (exact) mass is 339 g/mol. The van der Waals surface area contributed by atoms with Crippen LogP contribution in [0.2, 0.25) is 0 Å². The van der Waals surface area contributed by atoms with E-state index in [0.717, 1.165) is 48.5 Å². The van der Waals surface area contributed by atoms with Gasteiger partial charge >= 0.3 is 6.01 Å². The van der Waals surface area contributed by atoms with Crippen molar-refractivity contribution in [3.8, 4) is 6.01 Å². The van der Waals surface area contributed by atoms with Crippen LogP contribution in [0.15, 0.2) is 25.0 Å². The first-order valence-corrected chi connectivity index (χ1v) is 8.49. The number of aryl methyl sites for hydroxylation is 2. The molecule has 8 heteroatoms. The van der Waals surface area contributed by atoms with E-state index in [1.54, 1.807) is 25.0 Å². The van der Waals surface area contributed by atoms with Crippen molar-refractivity contribution in [3.05, 3.63) is 30.6 Å². The summed E-state index contributed by atoms with van der Waals surface area (Å²) in [6, 6.07) is 0.442. The second kappa shape index (κ2) is 6.62. The van der Waals surface area contributed by atoms with Crippen LogP contribution in [0, 0.1) is 12.8 Å². The molecule has 1 unspecified atom stereocenters. The lowest BCUT2D eigenvalue weighted by atomic mass is 9.99. The molecule has 4 heterocycles. The van der Waals surface area contributed by atoms with Crippen molar-refractivity contribution in [2.45, 2.75) is 19.8 Å². The van der Waals surface area contributed by atoms with Crippen LogP contribution in [0.25, 0.3) is 11.2 Å². The number of hydrogen-bond donors (Lipinski definition) is 0. The summed E-state index contributed by atoms with van der Waals surface area (Å²) in [6.07, 6.45) is 9.16. The number of aromatic nitrogens is 6. The molecule has 1 aliphatic heterocycles. The molecule has 1 fully saturated rings. The lowest BCUT2D eigenvalue weighted by molar-refractivity contribution is 0.214. The van der Waals surface area contributed by atoms with E-state index >= 15 is 0 Å². The van der Waals surface area contributed by atoms with Crippen molar-refractivity contribution >= 4 is 17.0 Å². The predicted molar refractivity (Wildman–Crippen MR) is 93.5 cm³/mol. The van der Waals surface area contributed by atoms with Gasteiger partial charge in [-0.15, -0.1) is 0 Å². The Kier molecular flexibility index (Phi) is 4.17. The molecule has 0 amide bonds. The summed E-state index contributed by atoms with van der Waals surface area (Å²) in [5.41, 5.74) is 2.74. The molecule has 8 nitrogen and oxygen atoms in total. The largest absolute Gasteiger partial charge is 0.463 e. The summed E-state index contributed by atoms with van der Waals surface area (Å²) in [5.74, 6) is 1.31. The molecule has 0 N–H and O–H groups in total. The topological polar surface area (TPSA) is 81.9 Å². The zero-order valence-corrected chi connectivity index (χ0v) is 14.5. The van der Waals surface area contributed by atoms with Crippen molar-refractivity contribution < 1.29 is 4.74 Å². The quantitative estimate of drug-likeness (QED) is 0.716. The van der Waals surface area contributed by atoms with Crippen LogP contribution in [0.5, 0.6) is 6.01 Å². The minimum Gasteiger partial charge on any atom is -0.463 e. The van der Waals surface area contributed by atoms with E-state index in [4.69, 9.17) is 4.74 Å². The maximum Gasteiger partial charge on any atom is 0.316 e. The first kappa shape index (κ1) is 15.7. The molecule has 3 aromatic rings. The number of piperidine rings is 1. The van der Waals surface area contributed by atoms with Gasteiger partial charge in [0.15, 0.2) is 17.0 Å². The maximum atomic E-state index is 5.77. The standard InChI is InChI=1S/C17H21N7O/c1-12-6-18-17(19-7-12)25-9-13-4-3-5-24(8-13)16-14-15(20-10-21-16)23(2)11-22-14/h6-7,10-11,13H,3-5,8-9H2,1-2H3. The van der Waals surface area contributed by atoms with Crippen LogP contribution < -0.4 is 9.64 Å². The van der Waals surface area contributed by atoms with Gasteiger partial charge in [-0.05, 0) is 25.3 Å². The van der Waals surface area contributed by atoms with Crippen molar-refractivity contribution in [1.82, 2.24) is 29.5 Å². The highest BCUT2D eigenvalue weighted by Gasteiger charge is 2.24. The van der Waals surface area contributed by atoms with Crippen LogP contribution in [0.3, 0.4) is 0 Å². The van der Waals surface area contributed by atoms with E-state index in [2.05, 4.69) is 29.8 Å². The molecule has 0 bridgehead atoms. The normalized spacial score (nSPS) is 17.8. The van der Waals surface area contributed by atoms with Crippen LogP contribution in [0.4, 0.5) is 5.82 Å². The molecule has 1 atom stereocenters. The Morgan fingerprint density at radius 1 is 1.16 bits per heavy atom. The lowest BCUT2D eigenvalue weighted by Gasteiger charge is -2.33. The van der Waals surface area contributed by atoms with E-state index in [1.165, 1.54) is 0 Å². The first-order chi connectivity index (χ1) is 12.2. The van der Waals surface area contributed by atoms with Gasteiger partial charge in [0, 0.05) is 38.4 Å². The Labute approximate surface area is 145 Å². The van der Waals surface area contributed by atoms with E-state index in [-0.39, 0.29) is 0 Å². The number of anilines is 1. The molecule has 130 valence electrons. The van der Waals surface area contributed by atoms with Gasteiger partial charge in [0.05, 0.1) is 12.9 Å². The molecular weight excluding hydrogens is 318 g/mol. The van der Waals surface area contributed by atoms with Crippen LogP contribution in [-0.4, -0.2) is 49.2 Å². The van der Waals surface area contributed by atoms with Gasteiger partial charge < -0.3 is 14.2 Å². The number of hydrogen-bond acceptors (Lipinski definition) is 7. The van der Waals surface area contributed by atoms with E-state index in [1.807, 2.05) is 18.5 Å². The Balaban J connectivity index is 1.46. The van der Waals surface area contributed by atoms with Gasteiger partial charge in [0.1, 0.15) is 6.33 Å². The molecule has 0 saturated carbocycles. The maximum absolute atomic E-state index is 5.77. The highest BCUT2D eigenvalue weighted by atomic mass is 16.5. The van der Waals surface area contributed by atoms with Gasteiger partial charge in [-0.25, -0.2) is 24.9 Å². The van der Waals surface area contributed by atoms with Crippen molar-refractivity contribution in [3.63, 3.8) is 0 Å². The minimum atomic E-state index is 0.410. The molecular formula is C17H21N7O. The minimum absolute atomic E-state index is 0.410. The highest BCUT2D eigenvalue weighted by molar-refractivity contribution is 5.83. The average molecular weight is 339 g/mol. The summed E-state index contributed by atoms with van der Waals surface area (Å²) < 4.78 is 7.69. The predicted octanol–water partition coefficient (Wildman–Crippen LogP) is 1.76. The van der Waals surface area contributed by atoms with Gasteiger partial charge in [-0.1, -0.05) is 0 Å². The molecule has 0 aliphatic carbocycles. The third-order valence-corrected chi connectivity index (χ3v) is 4.50. The molecule has 0 radical (unpaired) electrons. The summed E-state index contributed by atoms with van der Waals surface area (Å²) >= 11 is 0. The van der Waals surface area contributed by atoms with Gasteiger partial charge in [0.2, 0.25) is 0 Å². The fraction of sp³-hybridized carbons (Fsp3) is 0.471. The van der Waals surface area contributed by atoms with Crippen LogP contribution in [0.1, 0.15) is 18.4 Å². The first-order valence-electron chi connectivity index (χ1n) is 8.49. The van der Waals surface area contributed by atoms with Crippen molar-refractivity contribution in [2.75, 3.05) is 24.6 Å². The van der Waals surface area contributed by atoms with Gasteiger partial charge in [-0.2, -0.15) is 0 Å². The third kappa shape index (κ3) is 3.24. The van der Waals surface area contributed by atoms with Crippen LogP contribution in [-0.2, 0) is 7.05 Å². The molecule has 3 aromatic heterocycles. The number of imidazole rings is 1. The summed E-state index contributed by atoms with van der Waals surface area (Å²) in [7, 11) is 1.94. The Morgan fingerprint density at radius 2 is 2.00 bits per heavy atom. The Hall–Kier alpha value is -2.77. The van der Waals surface area contributed by atoms with E-state index < -0.39 is 0 Å². The SMILES string of the molecule is Cc1cnc(OCC2CCCN(c3ncnc4c3ncn4C)C2)nc1. The van der Waals surface area contributed by atoms with Gasteiger partial charge in [0.25, 0.3) is 0 Å². The van der Waals surface area contributed by atoms with Crippen molar-refractivity contribution in [1.29, 1.82) is 0 Å². The summed E-state index contributed by atoms with van der Waals surface area (Å²) in [4.78, 5) is 24.0. The summed E-state index contributed by atoms with van der Waals surface area (Å²) in [6.45, 7) is 4.42. The summed E-state index contributed by atoms with van der Waals surface area (Å²) in [5, 5.41) is 0. The number of ether oxygens (including phenoxy) is 1. The molecule has 1 saturated heterocycles. The zero-order chi connectivity index (χ0) is 17.2. The smallest absolute Gasteiger partial charge is 0.316 e. The third-order valence-electron chi connectivity index (χ3n) is 4.50. The van der Waals surface area contributed by atoms with E-state index in [0.29, 0.717) is 18.5 Å². The second-order valence-corrected chi connectivity index (χ2v) is 6.53. The molecule has 1 aliphatic rings. The number of nitrogens with zero attached hydrogens (tertiary/aromatic N) is 7. The molecule has 0 spiro atoms. The molecule has 0 aromatic carbocycles. The van der Waals surface area contributed by atoms with Gasteiger partial charge in [-0.3, -0.25) is 0 Å². The Bertz CT molecular complexity index is 861. The van der Waals surface area contributed by atoms with Crippen molar-refractivity contribution in [2.24, 2.45) is 13.0 Å². The van der Waals surface area contributed by atoms with Crippen LogP contribution >= 0.6 is 0 Å². The fourth-order valence-corrected chi connectivity index (χ4v) is 3.21.